The Bertz CT molecular complexity index is 1120. The van der Waals surface area contributed by atoms with Gasteiger partial charge in [0, 0.05) is 37.4 Å². The van der Waals surface area contributed by atoms with Gasteiger partial charge < -0.3 is 9.80 Å². The van der Waals surface area contributed by atoms with Crippen molar-refractivity contribution in [2.45, 2.75) is 25.8 Å². The number of aromatic nitrogens is 2. The highest BCUT2D eigenvalue weighted by atomic mass is 19.3. The second-order valence-corrected chi connectivity index (χ2v) is 8.83. The lowest BCUT2D eigenvalue weighted by Crippen LogP contribution is -2.51. The van der Waals surface area contributed by atoms with E-state index in [1.807, 2.05) is 29.2 Å². The Morgan fingerprint density at radius 1 is 0.909 bits per heavy atom. The number of fused-ring (bicyclic) bond motifs is 1. The number of likely N-dealkylation sites (tertiary alicyclic amines) is 1. The molecule has 0 bridgehead atoms. The highest BCUT2D eigenvalue weighted by molar-refractivity contribution is 5.81. The number of imidazole rings is 1. The lowest BCUT2D eigenvalue weighted by atomic mass is 10.1. The predicted molar refractivity (Wildman–Crippen MR) is 126 cm³/mol. The number of carbonyl (C=O) groups excluding carboxylic acids is 1. The molecule has 8 heteroatoms. The first kappa shape index (κ1) is 21.8. The zero-order valence-corrected chi connectivity index (χ0v) is 18.7. The molecule has 0 saturated carbocycles. The van der Waals surface area contributed by atoms with Crippen molar-refractivity contribution in [1.82, 2.24) is 19.4 Å². The maximum absolute atomic E-state index is 13.9. The Balaban J connectivity index is 1.29. The number of piperidine rings is 1. The molecular weight excluding hydrogens is 424 g/mol. The summed E-state index contributed by atoms with van der Waals surface area (Å²) in [7, 11) is 0. The van der Waals surface area contributed by atoms with Gasteiger partial charge in [-0.3, -0.25) is 14.3 Å². The molecule has 2 aliphatic rings. The molecule has 3 heterocycles. The van der Waals surface area contributed by atoms with E-state index in [9.17, 15) is 13.6 Å². The Morgan fingerprint density at radius 3 is 2.42 bits per heavy atom. The summed E-state index contributed by atoms with van der Waals surface area (Å²) < 4.78 is 28.8. The second kappa shape index (κ2) is 9.47. The number of halogens is 2. The largest absolute Gasteiger partial charge is 0.368 e. The number of rotatable bonds is 5. The van der Waals surface area contributed by atoms with E-state index in [-0.39, 0.29) is 11.7 Å². The average molecular weight is 454 g/mol. The number of hydrogen-bond donors (Lipinski definition) is 0. The van der Waals surface area contributed by atoms with Gasteiger partial charge in [0.25, 0.3) is 0 Å². The van der Waals surface area contributed by atoms with Crippen LogP contribution in [0.25, 0.3) is 22.4 Å². The first-order chi connectivity index (χ1) is 16.1. The zero-order chi connectivity index (χ0) is 22.8. The number of piperazine rings is 1. The number of alkyl halides is 2. The predicted octanol–water partition coefficient (Wildman–Crippen LogP) is 4.23. The van der Waals surface area contributed by atoms with Crippen molar-refractivity contribution in [1.29, 1.82) is 0 Å². The number of hydrogen-bond acceptors (Lipinski definition) is 4. The van der Waals surface area contributed by atoms with Crippen molar-refractivity contribution >= 4 is 22.6 Å². The van der Waals surface area contributed by atoms with Crippen molar-refractivity contribution in [3.05, 3.63) is 48.5 Å². The average Bonchev–Trinajstić information content (AvgIpc) is 3.25. The molecular formula is C25H29F2N5O. The summed E-state index contributed by atoms with van der Waals surface area (Å²) in [5.74, 6) is 0.472. The second-order valence-electron chi connectivity index (χ2n) is 8.83. The number of amides is 1. The van der Waals surface area contributed by atoms with E-state index in [2.05, 4.69) is 14.8 Å². The standard InChI is InChI=1S/C25H29F2N5O/c26-25(27)32-22-10-3-2-9-21(22)28-24(32)19-7-6-8-20(17-19)30-13-15-31(16-14-30)23(33)18-29-11-4-1-5-12-29/h2-3,6-10,17,25H,1,4-5,11-16,18H2. The van der Waals surface area contributed by atoms with Crippen LogP contribution in [0.5, 0.6) is 0 Å². The highest BCUT2D eigenvalue weighted by Gasteiger charge is 2.24. The summed E-state index contributed by atoms with van der Waals surface area (Å²) in [6.07, 6.45) is 3.61. The summed E-state index contributed by atoms with van der Waals surface area (Å²) in [6, 6.07) is 14.6. The maximum atomic E-state index is 13.9. The van der Waals surface area contributed by atoms with Crippen molar-refractivity contribution in [2.75, 3.05) is 50.7 Å². The summed E-state index contributed by atoms with van der Waals surface area (Å²) in [6.45, 7) is 2.66. The molecule has 0 radical (unpaired) electrons. The molecule has 0 spiro atoms. The molecule has 1 amide bonds. The van der Waals surface area contributed by atoms with Crippen molar-refractivity contribution < 1.29 is 13.6 Å². The van der Waals surface area contributed by atoms with E-state index in [1.165, 1.54) is 19.3 Å². The Hall–Kier alpha value is -3.00. The van der Waals surface area contributed by atoms with Gasteiger partial charge in [-0.2, -0.15) is 8.78 Å². The van der Waals surface area contributed by atoms with Crippen LogP contribution in [0.2, 0.25) is 0 Å². The lowest BCUT2D eigenvalue weighted by molar-refractivity contribution is -0.132. The molecule has 33 heavy (non-hydrogen) atoms. The molecule has 3 aromatic rings. The van der Waals surface area contributed by atoms with Gasteiger partial charge in [0.1, 0.15) is 5.82 Å². The fraction of sp³-hybridized carbons (Fsp3) is 0.440. The summed E-state index contributed by atoms with van der Waals surface area (Å²) >= 11 is 0. The van der Waals surface area contributed by atoms with Gasteiger partial charge in [-0.15, -0.1) is 0 Å². The molecule has 0 atom stereocenters. The van der Waals surface area contributed by atoms with Crippen molar-refractivity contribution in [2.24, 2.45) is 0 Å². The Kier molecular flexibility index (Phi) is 6.26. The third-order valence-electron chi connectivity index (χ3n) is 6.70. The molecule has 2 aromatic carbocycles. The van der Waals surface area contributed by atoms with Gasteiger partial charge in [0.05, 0.1) is 17.6 Å². The molecule has 0 aliphatic carbocycles. The Morgan fingerprint density at radius 2 is 1.67 bits per heavy atom. The first-order valence-corrected chi connectivity index (χ1v) is 11.7. The van der Waals surface area contributed by atoms with Gasteiger partial charge in [-0.05, 0) is 50.2 Å². The number of nitrogens with zero attached hydrogens (tertiary/aromatic N) is 5. The van der Waals surface area contributed by atoms with Crippen molar-refractivity contribution in [3.63, 3.8) is 0 Å². The maximum Gasteiger partial charge on any atom is 0.320 e. The zero-order valence-electron chi connectivity index (χ0n) is 18.7. The molecule has 0 unspecified atom stereocenters. The Labute approximate surface area is 192 Å². The van der Waals surface area contributed by atoms with Crippen LogP contribution in [0.15, 0.2) is 48.5 Å². The number of para-hydroxylation sites is 2. The van der Waals surface area contributed by atoms with Crippen LogP contribution in [0, 0.1) is 0 Å². The van der Waals surface area contributed by atoms with Gasteiger partial charge in [-0.25, -0.2) is 4.98 Å². The molecule has 2 fully saturated rings. The number of benzene rings is 2. The molecule has 174 valence electrons. The number of anilines is 1. The molecule has 5 rings (SSSR count). The van der Waals surface area contributed by atoms with E-state index in [0.29, 0.717) is 36.2 Å². The highest BCUT2D eigenvalue weighted by Crippen LogP contribution is 2.31. The van der Waals surface area contributed by atoms with Gasteiger partial charge in [0.2, 0.25) is 5.91 Å². The van der Waals surface area contributed by atoms with Gasteiger partial charge >= 0.3 is 6.55 Å². The quantitative estimate of drug-likeness (QED) is 0.580. The van der Waals surface area contributed by atoms with Crippen LogP contribution in [0.4, 0.5) is 14.5 Å². The van der Waals surface area contributed by atoms with Gasteiger partial charge in [0.15, 0.2) is 0 Å². The smallest absolute Gasteiger partial charge is 0.320 e. The fourth-order valence-corrected chi connectivity index (χ4v) is 4.91. The molecule has 2 saturated heterocycles. The topological polar surface area (TPSA) is 44.6 Å². The summed E-state index contributed by atoms with van der Waals surface area (Å²) in [5.41, 5.74) is 2.60. The van der Waals surface area contributed by atoms with Crippen LogP contribution < -0.4 is 4.90 Å². The summed E-state index contributed by atoms with van der Waals surface area (Å²) in [5, 5.41) is 0. The van der Waals surface area contributed by atoms with E-state index in [4.69, 9.17) is 0 Å². The minimum Gasteiger partial charge on any atom is -0.368 e. The number of carbonyl (C=O) groups is 1. The van der Waals surface area contributed by atoms with Crippen molar-refractivity contribution in [3.8, 4) is 11.4 Å². The lowest BCUT2D eigenvalue weighted by Gasteiger charge is -2.37. The van der Waals surface area contributed by atoms with E-state index in [1.54, 1.807) is 24.3 Å². The molecule has 0 N–H and O–H groups in total. The molecule has 6 nitrogen and oxygen atoms in total. The monoisotopic (exact) mass is 453 g/mol. The van der Waals surface area contributed by atoms with Crippen LogP contribution in [-0.4, -0.2) is 71.1 Å². The molecule has 2 aliphatic heterocycles. The van der Waals surface area contributed by atoms with Crippen LogP contribution >= 0.6 is 0 Å². The van der Waals surface area contributed by atoms with E-state index in [0.717, 1.165) is 36.4 Å². The third kappa shape index (κ3) is 4.57. The minimum absolute atomic E-state index is 0.205. The third-order valence-corrected chi connectivity index (χ3v) is 6.70. The normalized spacial score (nSPS) is 17.8. The first-order valence-electron chi connectivity index (χ1n) is 11.7. The van der Waals surface area contributed by atoms with Crippen LogP contribution in [0.1, 0.15) is 25.8 Å². The van der Waals surface area contributed by atoms with Crippen LogP contribution in [0.3, 0.4) is 0 Å². The van der Waals surface area contributed by atoms with E-state index >= 15 is 0 Å². The van der Waals surface area contributed by atoms with Gasteiger partial charge in [-0.1, -0.05) is 30.7 Å². The SMILES string of the molecule is O=C(CN1CCCCC1)N1CCN(c2cccc(-c3nc4ccccc4n3C(F)F)c2)CC1. The summed E-state index contributed by atoms with van der Waals surface area (Å²) in [4.78, 5) is 23.6. The van der Waals surface area contributed by atoms with E-state index < -0.39 is 6.55 Å². The molecule has 1 aromatic heterocycles. The fourth-order valence-electron chi connectivity index (χ4n) is 4.91. The minimum atomic E-state index is -2.68. The van der Waals surface area contributed by atoms with Crippen LogP contribution in [-0.2, 0) is 4.79 Å².